The van der Waals surface area contributed by atoms with Gasteiger partial charge in [0.15, 0.2) is 0 Å². The Bertz CT molecular complexity index is 693. The van der Waals surface area contributed by atoms with E-state index in [1.807, 2.05) is 12.1 Å². The molecule has 2 aromatic rings. The average molecular weight is 418 g/mol. The van der Waals surface area contributed by atoms with Gasteiger partial charge in [-0.05, 0) is 44.0 Å². The summed E-state index contributed by atoms with van der Waals surface area (Å²) in [5.41, 5.74) is 0.476. The van der Waals surface area contributed by atoms with E-state index in [2.05, 4.69) is 42.2 Å². The Kier molecular flexibility index (Phi) is 4.09. The summed E-state index contributed by atoms with van der Waals surface area (Å²) in [5, 5.41) is 13.8. The Balaban J connectivity index is 1.80. The molecule has 0 aliphatic carbocycles. The number of hydrogen-bond donors (Lipinski definition) is 3. The molecule has 1 aromatic heterocycles. The summed E-state index contributed by atoms with van der Waals surface area (Å²) in [5.74, 6) is -0.212. The second kappa shape index (κ2) is 5.72. The molecule has 1 amide bonds. The molecule has 1 fully saturated rings. The standard InChI is InChI=1S/C14H14Br2N2O3/c15-10-3-8-9(5-17-12(8)4-11(10)16)13(19)18-6-14(20)1-2-21-7-14/h3-5,17,20H,1-2,6-7H2,(H,18,19). The number of fused-ring (bicyclic) bond motifs is 1. The molecule has 2 heterocycles. The number of amides is 1. The predicted molar refractivity (Wildman–Crippen MR) is 86.4 cm³/mol. The first-order valence-corrected chi connectivity index (χ1v) is 8.12. The van der Waals surface area contributed by atoms with Crippen molar-refractivity contribution < 1.29 is 14.6 Å². The quantitative estimate of drug-likeness (QED) is 0.718. The van der Waals surface area contributed by atoms with E-state index in [0.717, 1.165) is 19.8 Å². The fourth-order valence-corrected chi connectivity index (χ4v) is 3.07. The zero-order valence-corrected chi connectivity index (χ0v) is 14.3. The lowest BCUT2D eigenvalue weighted by Gasteiger charge is -2.20. The number of benzene rings is 1. The summed E-state index contributed by atoms with van der Waals surface area (Å²) in [6.07, 6.45) is 2.22. The monoisotopic (exact) mass is 416 g/mol. The summed E-state index contributed by atoms with van der Waals surface area (Å²) in [4.78, 5) is 15.4. The number of aromatic amines is 1. The smallest absolute Gasteiger partial charge is 0.253 e. The third-order valence-corrected chi connectivity index (χ3v) is 5.47. The van der Waals surface area contributed by atoms with Gasteiger partial charge in [-0.25, -0.2) is 0 Å². The molecule has 1 aliphatic rings. The van der Waals surface area contributed by atoms with Gasteiger partial charge in [0.05, 0.1) is 12.2 Å². The number of carbonyl (C=O) groups is 1. The van der Waals surface area contributed by atoms with E-state index in [1.54, 1.807) is 6.20 Å². The highest BCUT2D eigenvalue weighted by molar-refractivity contribution is 9.13. The minimum absolute atomic E-state index is 0.191. The number of hydrogen-bond acceptors (Lipinski definition) is 3. The SMILES string of the molecule is O=C(NCC1(O)CCOC1)c1c[nH]c2cc(Br)c(Br)cc12. The maximum atomic E-state index is 12.3. The summed E-state index contributed by atoms with van der Waals surface area (Å²) in [6.45, 7) is 0.982. The summed E-state index contributed by atoms with van der Waals surface area (Å²) < 4.78 is 6.96. The van der Waals surface area contributed by atoms with Crippen LogP contribution < -0.4 is 5.32 Å². The van der Waals surface area contributed by atoms with E-state index in [4.69, 9.17) is 4.74 Å². The molecule has 0 radical (unpaired) electrons. The van der Waals surface area contributed by atoms with Crippen molar-refractivity contribution in [3.05, 3.63) is 32.8 Å². The first-order valence-electron chi connectivity index (χ1n) is 6.53. The molecule has 0 bridgehead atoms. The number of H-pyrrole nitrogens is 1. The van der Waals surface area contributed by atoms with E-state index in [9.17, 15) is 9.90 Å². The molecule has 3 N–H and O–H groups in total. The third-order valence-electron chi connectivity index (χ3n) is 3.63. The molecule has 1 aromatic carbocycles. The lowest BCUT2D eigenvalue weighted by molar-refractivity contribution is 0.0265. The molecule has 7 heteroatoms. The number of aliphatic hydroxyl groups is 1. The van der Waals surface area contributed by atoms with Crippen molar-refractivity contribution in [3.8, 4) is 0 Å². The van der Waals surface area contributed by atoms with Crippen molar-refractivity contribution in [1.29, 1.82) is 0 Å². The number of rotatable bonds is 3. The Morgan fingerprint density at radius 3 is 2.90 bits per heavy atom. The summed E-state index contributed by atoms with van der Waals surface area (Å²) in [7, 11) is 0. The molecule has 1 aliphatic heterocycles. The fraction of sp³-hybridized carbons (Fsp3) is 0.357. The minimum atomic E-state index is -0.953. The van der Waals surface area contributed by atoms with E-state index >= 15 is 0 Å². The summed E-state index contributed by atoms with van der Waals surface area (Å²) in [6, 6.07) is 3.80. The van der Waals surface area contributed by atoms with Crippen LogP contribution in [0.3, 0.4) is 0 Å². The van der Waals surface area contributed by atoms with Crippen molar-refractivity contribution in [1.82, 2.24) is 10.3 Å². The first-order chi connectivity index (χ1) is 9.98. The van der Waals surface area contributed by atoms with Crippen LogP contribution in [-0.2, 0) is 4.74 Å². The Morgan fingerprint density at radius 2 is 2.19 bits per heavy atom. The van der Waals surface area contributed by atoms with Gasteiger partial charge in [0.2, 0.25) is 0 Å². The van der Waals surface area contributed by atoms with Gasteiger partial charge in [-0.3, -0.25) is 4.79 Å². The highest BCUT2D eigenvalue weighted by Crippen LogP contribution is 2.30. The van der Waals surface area contributed by atoms with Crippen LogP contribution in [0.25, 0.3) is 10.9 Å². The zero-order valence-electron chi connectivity index (χ0n) is 11.1. The molecule has 3 rings (SSSR count). The minimum Gasteiger partial charge on any atom is -0.386 e. The van der Waals surface area contributed by atoms with Crippen LogP contribution in [0.4, 0.5) is 0 Å². The van der Waals surface area contributed by atoms with Gasteiger partial charge in [-0.2, -0.15) is 0 Å². The highest BCUT2D eigenvalue weighted by Gasteiger charge is 2.32. The van der Waals surface area contributed by atoms with E-state index in [0.29, 0.717) is 18.6 Å². The normalized spacial score (nSPS) is 21.9. The maximum absolute atomic E-state index is 12.3. The van der Waals surface area contributed by atoms with Crippen LogP contribution in [-0.4, -0.2) is 41.4 Å². The largest absolute Gasteiger partial charge is 0.386 e. The van der Waals surface area contributed by atoms with Crippen LogP contribution in [0.5, 0.6) is 0 Å². The van der Waals surface area contributed by atoms with Gasteiger partial charge < -0.3 is 20.1 Å². The lowest BCUT2D eigenvalue weighted by atomic mass is 10.0. The predicted octanol–water partition coefficient (Wildman–Crippen LogP) is 2.57. The van der Waals surface area contributed by atoms with Gasteiger partial charge in [-0.1, -0.05) is 0 Å². The van der Waals surface area contributed by atoms with Gasteiger partial charge in [0, 0.05) is 45.6 Å². The third kappa shape index (κ3) is 3.01. The fourth-order valence-electron chi connectivity index (χ4n) is 2.38. The molecule has 5 nitrogen and oxygen atoms in total. The molecule has 1 unspecified atom stereocenters. The molecule has 1 saturated heterocycles. The van der Waals surface area contributed by atoms with Gasteiger partial charge >= 0.3 is 0 Å². The lowest BCUT2D eigenvalue weighted by Crippen LogP contribution is -2.43. The number of aromatic nitrogens is 1. The Hall–Kier alpha value is -0.890. The molecule has 1 atom stereocenters. The van der Waals surface area contributed by atoms with Crippen molar-refractivity contribution in [2.75, 3.05) is 19.8 Å². The molecule has 0 saturated carbocycles. The topological polar surface area (TPSA) is 74.3 Å². The molecular formula is C14H14Br2N2O3. The van der Waals surface area contributed by atoms with Crippen LogP contribution >= 0.6 is 31.9 Å². The molecule has 112 valence electrons. The van der Waals surface area contributed by atoms with E-state index < -0.39 is 5.60 Å². The number of halogens is 2. The van der Waals surface area contributed by atoms with Crippen LogP contribution in [0.1, 0.15) is 16.8 Å². The zero-order chi connectivity index (χ0) is 15.0. The molecule has 21 heavy (non-hydrogen) atoms. The van der Waals surface area contributed by atoms with Crippen molar-refractivity contribution in [2.45, 2.75) is 12.0 Å². The number of carbonyl (C=O) groups excluding carboxylic acids is 1. The summed E-state index contributed by atoms with van der Waals surface area (Å²) >= 11 is 6.87. The van der Waals surface area contributed by atoms with Gasteiger partial charge in [0.25, 0.3) is 5.91 Å². The van der Waals surface area contributed by atoms with Gasteiger partial charge in [0.1, 0.15) is 5.60 Å². The number of nitrogens with one attached hydrogen (secondary N) is 2. The molecule has 0 spiro atoms. The second-order valence-corrected chi connectivity index (χ2v) is 6.93. The van der Waals surface area contributed by atoms with E-state index in [1.165, 1.54) is 0 Å². The van der Waals surface area contributed by atoms with Crippen molar-refractivity contribution >= 4 is 48.7 Å². The Morgan fingerprint density at radius 1 is 1.43 bits per heavy atom. The average Bonchev–Trinajstić information content (AvgIpc) is 3.04. The number of ether oxygens (including phenoxy) is 1. The van der Waals surface area contributed by atoms with Crippen molar-refractivity contribution in [3.63, 3.8) is 0 Å². The highest BCUT2D eigenvalue weighted by atomic mass is 79.9. The van der Waals surface area contributed by atoms with E-state index in [-0.39, 0.29) is 19.1 Å². The van der Waals surface area contributed by atoms with Crippen LogP contribution in [0.2, 0.25) is 0 Å². The van der Waals surface area contributed by atoms with Crippen LogP contribution in [0.15, 0.2) is 27.3 Å². The van der Waals surface area contributed by atoms with Crippen molar-refractivity contribution in [2.24, 2.45) is 0 Å². The van der Waals surface area contributed by atoms with Gasteiger partial charge in [-0.15, -0.1) is 0 Å². The molecular weight excluding hydrogens is 404 g/mol. The maximum Gasteiger partial charge on any atom is 0.253 e. The first kappa shape index (κ1) is 15.0. The second-order valence-electron chi connectivity index (χ2n) is 5.22. The van der Waals surface area contributed by atoms with Crippen LogP contribution in [0, 0.1) is 0 Å². The Labute approximate surface area is 138 Å².